The van der Waals surface area contributed by atoms with E-state index in [1.165, 1.54) is 7.14 Å². The van der Waals surface area contributed by atoms with Crippen LogP contribution in [0.1, 0.15) is 0 Å². The van der Waals surface area contributed by atoms with E-state index in [9.17, 15) is 0 Å². The highest BCUT2D eigenvalue weighted by Crippen LogP contribution is 2.14. The number of hydrogen-bond donors (Lipinski definition) is 0. The third kappa shape index (κ3) is 3.10. The van der Waals surface area contributed by atoms with Crippen molar-refractivity contribution in [1.29, 1.82) is 0 Å². The van der Waals surface area contributed by atoms with Gasteiger partial charge in [-0.25, -0.2) is 0 Å². The van der Waals surface area contributed by atoms with Crippen molar-refractivity contribution in [3.8, 4) is 0 Å². The van der Waals surface area contributed by atoms with E-state index < -0.39 is 0 Å². The first-order chi connectivity index (χ1) is 7.25. The molecule has 0 amide bonds. The highest BCUT2D eigenvalue weighted by Gasteiger charge is 2.18. The van der Waals surface area contributed by atoms with Crippen LogP contribution in [-0.2, 0) is 0 Å². The van der Waals surface area contributed by atoms with Gasteiger partial charge in [0.05, 0.1) is 5.02 Å². The van der Waals surface area contributed by atoms with Gasteiger partial charge in [0.15, 0.2) is 3.57 Å². The number of hydrogen-bond acceptors (Lipinski definition) is 0. The Labute approximate surface area is 109 Å². The number of halogens is 3. The summed E-state index contributed by atoms with van der Waals surface area (Å²) < 4.78 is 2.58. The zero-order chi connectivity index (χ0) is 10.7. The van der Waals surface area contributed by atoms with Crippen molar-refractivity contribution in [2.75, 3.05) is 0 Å². The van der Waals surface area contributed by atoms with E-state index in [0.29, 0.717) is 5.02 Å². The summed E-state index contributed by atoms with van der Waals surface area (Å²) >= 11 is 11.8. The number of rotatable bonds is 2. The summed E-state index contributed by atoms with van der Waals surface area (Å²) in [7, 11) is 0. The molecule has 76 valence electrons. The molecule has 3 heteroatoms. The van der Waals surface area contributed by atoms with Gasteiger partial charge in [0.1, 0.15) is 0 Å². The van der Waals surface area contributed by atoms with Gasteiger partial charge in [-0.2, -0.15) is 0 Å². The topological polar surface area (TPSA) is 0 Å². The first kappa shape index (κ1) is 11.2. The summed E-state index contributed by atoms with van der Waals surface area (Å²) in [4.78, 5) is 0. The van der Waals surface area contributed by atoms with Crippen LogP contribution in [-0.4, -0.2) is 0 Å². The number of benzene rings is 2. The highest BCUT2D eigenvalue weighted by molar-refractivity contribution is 6.34. The quantitative estimate of drug-likeness (QED) is 0.563. The molecule has 0 aliphatic rings. The molecule has 15 heavy (non-hydrogen) atoms. The summed E-state index contributed by atoms with van der Waals surface area (Å²) in [5.74, 6) is 0. The molecule has 0 saturated carbocycles. The van der Waals surface area contributed by atoms with Gasteiger partial charge in [0.2, 0.25) is 3.57 Å². The summed E-state index contributed by atoms with van der Waals surface area (Å²) in [6, 6.07) is 16.1. The van der Waals surface area contributed by atoms with E-state index in [1.807, 2.05) is 18.2 Å². The monoisotopic (exact) mass is 349 g/mol. The van der Waals surface area contributed by atoms with Crippen molar-refractivity contribution in [3.05, 3.63) is 65.7 Å². The fraction of sp³-hybridized carbons (Fsp3) is 0. The molecule has 2 aromatic carbocycles. The van der Waals surface area contributed by atoms with Crippen molar-refractivity contribution >= 4 is 23.2 Å². The summed E-state index contributed by atoms with van der Waals surface area (Å²) in [5, 5.41) is 1.47. The van der Waals surface area contributed by atoms with Crippen molar-refractivity contribution < 1.29 is 21.2 Å². The SMILES string of the molecule is Clc1ccc([I+]c2ccccc2)c(Cl)c1. The molecule has 0 aromatic heterocycles. The Morgan fingerprint density at radius 3 is 2.27 bits per heavy atom. The van der Waals surface area contributed by atoms with E-state index in [4.69, 9.17) is 23.2 Å². The molecular weight excluding hydrogens is 342 g/mol. The smallest absolute Gasteiger partial charge is 0.0843 e. The van der Waals surface area contributed by atoms with E-state index >= 15 is 0 Å². The minimum Gasteiger partial charge on any atom is -0.0843 e. The first-order valence-electron chi connectivity index (χ1n) is 4.40. The molecule has 0 fully saturated rings. The second-order valence-corrected chi connectivity index (χ2v) is 6.74. The molecule has 0 spiro atoms. The molecule has 0 bridgehead atoms. The normalized spacial score (nSPS) is 10.3. The maximum absolute atomic E-state index is 6.12. The molecule has 0 unspecified atom stereocenters. The van der Waals surface area contributed by atoms with Gasteiger partial charge in [-0.05, 0) is 30.3 Å². The molecule has 2 aromatic rings. The zero-order valence-corrected chi connectivity index (χ0v) is 11.4. The third-order valence-corrected chi connectivity index (χ3v) is 5.56. The van der Waals surface area contributed by atoms with Crippen molar-refractivity contribution in [2.24, 2.45) is 0 Å². The molecule has 0 N–H and O–H groups in total. The van der Waals surface area contributed by atoms with Crippen LogP contribution >= 0.6 is 23.2 Å². The standard InChI is InChI=1S/C12H8Cl2I/c13-9-6-7-12(11(14)8-9)15-10-4-2-1-3-5-10/h1-8H/q+1. The Kier molecular flexibility index (Phi) is 3.89. The Bertz CT molecular complexity index is 454. The van der Waals surface area contributed by atoms with Gasteiger partial charge in [0.25, 0.3) is 0 Å². The van der Waals surface area contributed by atoms with E-state index in [2.05, 4.69) is 24.3 Å². The zero-order valence-electron chi connectivity index (χ0n) is 7.75. The van der Waals surface area contributed by atoms with Crippen molar-refractivity contribution in [1.82, 2.24) is 0 Å². The average molecular weight is 350 g/mol. The lowest BCUT2D eigenvalue weighted by atomic mass is 10.4. The van der Waals surface area contributed by atoms with Crippen LogP contribution in [0.5, 0.6) is 0 Å². The van der Waals surface area contributed by atoms with Gasteiger partial charge < -0.3 is 0 Å². The summed E-state index contributed by atoms with van der Waals surface area (Å²) in [6.07, 6.45) is 0. The fourth-order valence-electron chi connectivity index (χ4n) is 1.14. The molecule has 0 heterocycles. The summed E-state index contributed by atoms with van der Waals surface area (Å²) in [6.45, 7) is 0. The maximum atomic E-state index is 6.12. The molecule has 0 saturated heterocycles. The average Bonchev–Trinajstić information content (AvgIpc) is 2.24. The van der Waals surface area contributed by atoms with Gasteiger partial charge in [-0.15, -0.1) is 0 Å². The van der Waals surface area contributed by atoms with Crippen LogP contribution in [0.4, 0.5) is 0 Å². The molecular formula is C12H8Cl2I+. The van der Waals surface area contributed by atoms with Crippen molar-refractivity contribution in [3.63, 3.8) is 0 Å². The highest BCUT2D eigenvalue weighted by atomic mass is 127. The molecule has 0 aliphatic heterocycles. The van der Waals surface area contributed by atoms with Crippen LogP contribution in [0.15, 0.2) is 48.5 Å². The minimum absolute atomic E-state index is 0.196. The molecule has 0 atom stereocenters. The lowest BCUT2D eigenvalue weighted by molar-refractivity contribution is -0.597. The van der Waals surface area contributed by atoms with E-state index in [-0.39, 0.29) is 21.2 Å². The van der Waals surface area contributed by atoms with Crippen molar-refractivity contribution in [2.45, 2.75) is 0 Å². The fourth-order valence-corrected chi connectivity index (χ4v) is 4.01. The van der Waals surface area contributed by atoms with Crippen LogP contribution in [0.25, 0.3) is 0 Å². The van der Waals surface area contributed by atoms with Gasteiger partial charge >= 0.3 is 21.2 Å². The van der Waals surface area contributed by atoms with Gasteiger partial charge in [-0.1, -0.05) is 41.4 Å². The third-order valence-electron chi connectivity index (χ3n) is 1.83. The Hall–Kier alpha value is -0.250. The largest absolute Gasteiger partial charge is 0.359 e. The maximum Gasteiger partial charge on any atom is 0.359 e. The minimum atomic E-state index is -0.196. The predicted molar refractivity (Wildman–Crippen MR) is 60.3 cm³/mol. The predicted octanol–water partition coefficient (Wildman–Crippen LogP) is 1.12. The molecule has 0 radical (unpaired) electrons. The van der Waals surface area contributed by atoms with E-state index in [0.717, 1.165) is 5.02 Å². The lowest BCUT2D eigenvalue weighted by Crippen LogP contribution is -3.61. The van der Waals surface area contributed by atoms with Crippen LogP contribution in [0.2, 0.25) is 10.0 Å². The van der Waals surface area contributed by atoms with Crippen LogP contribution in [0.3, 0.4) is 0 Å². The van der Waals surface area contributed by atoms with Gasteiger partial charge in [-0.3, -0.25) is 0 Å². The first-order valence-corrected chi connectivity index (χ1v) is 7.32. The Morgan fingerprint density at radius 2 is 1.60 bits per heavy atom. The molecule has 0 nitrogen and oxygen atoms in total. The second-order valence-electron chi connectivity index (χ2n) is 2.95. The Morgan fingerprint density at radius 1 is 0.867 bits per heavy atom. The molecule has 0 aliphatic carbocycles. The second kappa shape index (κ2) is 5.19. The summed E-state index contributed by atoms with van der Waals surface area (Å²) in [5.41, 5.74) is 0. The lowest BCUT2D eigenvalue weighted by Gasteiger charge is -1.92. The Balaban J connectivity index is 2.25. The molecule has 2 rings (SSSR count). The van der Waals surface area contributed by atoms with Crippen LogP contribution in [0, 0.1) is 7.14 Å². The van der Waals surface area contributed by atoms with Crippen LogP contribution < -0.4 is 21.2 Å². The van der Waals surface area contributed by atoms with E-state index in [1.54, 1.807) is 6.07 Å². The van der Waals surface area contributed by atoms with Gasteiger partial charge in [0, 0.05) is 5.02 Å².